The van der Waals surface area contributed by atoms with Gasteiger partial charge in [0.1, 0.15) is 11.5 Å². The Hall–Kier alpha value is -3.29. The molecule has 0 atom stereocenters. The molecule has 0 fully saturated rings. The van der Waals surface area contributed by atoms with Crippen LogP contribution < -0.4 is 19.9 Å². The van der Waals surface area contributed by atoms with E-state index >= 15 is 0 Å². The number of benzene rings is 2. The minimum Gasteiger partial charge on any atom is -0.493 e. The summed E-state index contributed by atoms with van der Waals surface area (Å²) in [6, 6.07) is 9.91. The Bertz CT molecular complexity index is 820. The number of carbonyl (C=O) groups is 1. The van der Waals surface area contributed by atoms with Gasteiger partial charge in [-0.3, -0.25) is 10.1 Å². The first-order valence-electron chi connectivity index (χ1n) is 9.07. The number of hydrogen-bond acceptors (Lipinski definition) is 6. The molecule has 0 aromatic heterocycles. The third-order valence-corrected chi connectivity index (χ3v) is 3.80. The second-order valence-electron chi connectivity index (χ2n) is 6.12. The third kappa shape index (κ3) is 5.87. The molecule has 0 aliphatic rings. The van der Waals surface area contributed by atoms with Crippen LogP contribution in [0.1, 0.15) is 37.8 Å². The number of nitro groups is 1. The van der Waals surface area contributed by atoms with Gasteiger partial charge in [-0.2, -0.15) is 0 Å². The Morgan fingerprint density at radius 3 is 2.18 bits per heavy atom. The highest BCUT2D eigenvalue weighted by atomic mass is 16.6. The van der Waals surface area contributed by atoms with Crippen molar-refractivity contribution >= 4 is 11.8 Å². The van der Waals surface area contributed by atoms with Gasteiger partial charge in [0, 0.05) is 12.0 Å². The number of nitrogens with zero attached hydrogens (tertiary/aromatic N) is 1. The summed E-state index contributed by atoms with van der Waals surface area (Å²) in [4.78, 5) is 21.8. The zero-order chi connectivity index (χ0) is 20.5. The maximum absolute atomic E-state index is 11.4. The number of hydrogen-bond donors (Lipinski definition) is 1. The van der Waals surface area contributed by atoms with Crippen molar-refractivity contribution in [2.75, 3.05) is 13.2 Å². The van der Waals surface area contributed by atoms with Gasteiger partial charge in [-0.25, -0.2) is 4.79 Å². The van der Waals surface area contributed by atoms with Crippen LogP contribution in [-0.4, -0.2) is 24.2 Å². The van der Waals surface area contributed by atoms with Gasteiger partial charge < -0.3 is 19.9 Å². The quantitative estimate of drug-likeness (QED) is 0.481. The number of ether oxygens (including phenoxy) is 3. The van der Waals surface area contributed by atoms with Gasteiger partial charge in [0.05, 0.1) is 24.2 Å². The van der Waals surface area contributed by atoms with Gasteiger partial charge in [-0.15, -0.1) is 0 Å². The lowest BCUT2D eigenvalue weighted by Gasteiger charge is -2.14. The lowest BCUT2D eigenvalue weighted by molar-refractivity contribution is -0.386. The smallest absolute Gasteiger partial charge is 0.409 e. The van der Waals surface area contributed by atoms with Crippen LogP contribution in [0.4, 0.5) is 10.5 Å². The lowest BCUT2D eigenvalue weighted by Crippen LogP contribution is -2.16. The summed E-state index contributed by atoms with van der Waals surface area (Å²) in [7, 11) is 0. The van der Waals surface area contributed by atoms with Crippen LogP contribution in [0.3, 0.4) is 0 Å². The summed E-state index contributed by atoms with van der Waals surface area (Å²) in [6.45, 7) is 4.73. The first-order valence-corrected chi connectivity index (χ1v) is 9.07. The minimum absolute atomic E-state index is 0.117. The highest BCUT2D eigenvalue weighted by Gasteiger charge is 2.21. The van der Waals surface area contributed by atoms with E-state index in [1.165, 1.54) is 6.07 Å². The highest BCUT2D eigenvalue weighted by Crippen LogP contribution is 2.36. The minimum atomic E-state index is -0.879. The topological polar surface area (TPSA) is 114 Å². The van der Waals surface area contributed by atoms with E-state index in [4.69, 9.17) is 19.9 Å². The molecular weight excluding hydrogens is 364 g/mol. The predicted octanol–water partition coefficient (Wildman–Crippen LogP) is 4.22. The molecule has 8 nitrogen and oxygen atoms in total. The fourth-order valence-corrected chi connectivity index (χ4v) is 2.56. The summed E-state index contributed by atoms with van der Waals surface area (Å²) in [5.74, 6) is 1.02. The average molecular weight is 388 g/mol. The van der Waals surface area contributed by atoms with Crippen molar-refractivity contribution in [3.63, 3.8) is 0 Å². The number of rotatable bonds is 10. The lowest BCUT2D eigenvalue weighted by atomic mass is 10.0. The first-order chi connectivity index (χ1) is 13.4. The first kappa shape index (κ1) is 21.0. The molecule has 0 aliphatic heterocycles. The molecule has 0 saturated heterocycles. The summed E-state index contributed by atoms with van der Waals surface area (Å²) in [5.41, 5.74) is 6.57. The zero-order valence-electron chi connectivity index (χ0n) is 16.0. The molecule has 0 spiro atoms. The van der Waals surface area contributed by atoms with Crippen LogP contribution in [0.5, 0.6) is 17.2 Å². The predicted molar refractivity (Wildman–Crippen MR) is 104 cm³/mol. The number of amides is 1. The summed E-state index contributed by atoms with van der Waals surface area (Å²) in [5, 5.41) is 11.4. The molecule has 0 aliphatic carbocycles. The van der Waals surface area contributed by atoms with E-state index < -0.39 is 11.0 Å². The number of carbonyl (C=O) groups excluding carboxylic acids is 1. The Labute approximate surface area is 163 Å². The van der Waals surface area contributed by atoms with Crippen molar-refractivity contribution in [3.05, 3.63) is 57.6 Å². The van der Waals surface area contributed by atoms with Crippen molar-refractivity contribution in [2.45, 2.75) is 33.1 Å². The molecule has 2 aromatic rings. The maximum atomic E-state index is 11.4. The van der Waals surface area contributed by atoms with Gasteiger partial charge in [-0.05, 0) is 36.6 Å². The molecular formula is C20H24N2O6. The Morgan fingerprint density at radius 2 is 1.64 bits per heavy atom. The molecule has 0 unspecified atom stereocenters. The normalized spacial score (nSPS) is 10.4. The number of nitro benzene ring substituents is 1. The zero-order valence-corrected chi connectivity index (χ0v) is 16.0. The fourth-order valence-electron chi connectivity index (χ4n) is 2.56. The van der Waals surface area contributed by atoms with Gasteiger partial charge in [0.25, 0.3) is 0 Å². The molecule has 0 bridgehead atoms. The molecule has 0 heterocycles. The SMILES string of the molecule is CCCOc1cc([N+](=O)[O-])c(OCCC)cc1Cc1ccc(OC(N)=O)cc1. The monoisotopic (exact) mass is 388 g/mol. The van der Waals surface area contributed by atoms with Crippen LogP contribution in [-0.2, 0) is 6.42 Å². The van der Waals surface area contributed by atoms with Gasteiger partial charge >= 0.3 is 11.8 Å². The van der Waals surface area contributed by atoms with Crippen molar-refractivity contribution in [2.24, 2.45) is 5.73 Å². The van der Waals surface area contributed by atoms with Crippen LogP contribution in [0, 0.1) is 10.1 Å². The molecule has 0 saturated carbocycles. The number of nitrogens with two attached hydrogens (primary N) is 1. The van der Waals surface area contributed by atoms with Crippen LogP contribution >= 0.6 is 0 Å². The Morgan fingerprint density at radius 1 is 1.04 bits per heavy atom. The van der Waals surface area contributed by atoms with E-state index in [0.29, 0.717) is 31.1 Å². The Kier molecular flexibility index (Phi) is 7.62. The summed E-state index contributed by atoms with van der Waals surface area (Å²) in [6.07, 6.45) is 1.11. The van der Waals surface area contributed by atoms with Gasteiger partial charge in [-0.1, -0.05) is 26.0 Å². The Balaban J connectivity index is 2.35. The fraction of sp³-hybridized carbons (Fsp3) is 0.350. The standard InChI is InChI=1S/C20H24N2O6/c1-3-9-26-18-13-17(22(24)25)19(27-10-4-2)12-15(18)11-14-5-7-16(8-6-14)28-20(21)23/h5-8,12-13H,3-4,9-11H2,1-2H3,(H2,21,23). The summed E-state index contributed by atoms with van der Waals surface area (Å²) < 4.78 is 16.1. The van der Waals surface area contributed by atoms with E-state index in [1.54, 1.807) is 30.3 Å². The highest BCUT2D eigenvalue weighted by molar-refractivity contribution is 5.68. The largest absolute Gasteiger partial charge is 0.493 e. The second-order valence-corrected chi connectivity index (χ2v) is 6.12. The van der Waals surface area contributed by atoms with E-state index in [2.05, 4.69) is 0 Å². The molecule has 2 rings (SSSR count). The van der Waals surface area contributed by atoms with Crippen LogP contribution in [0.25, 0.3) is 0 Å². The molecule has 28 heavy (non-hydrogen) atoms. The average Bonchev–Trinajstić information content (AvgIpc) is 2.66. The molecule has 150 valence electrons. The molecule has 1 amide bonds. The van der Waals surface area contributed by atoms with Crippen molar-refractivity contribution < 1.29 is 23.9 Å². The van der Waals surface area contributed by atoms with E-state index in [-0.39, 0.29) is 11.4 Å². The van der Waals surface area contributed by atoms with E-state index in [0.717, 1.165) is 24.0 Å². The van der Waals surface area contributed by atoms with Crippen LogP contribution in [0.2, 0.25) is 0 Å². The van der Waals surface area contributed by atoms with Crippen molar-refractivity contribution in [3.8, 4) is 17.2 Å². The summed E-state index contributed by atoms with van der Waals surface area (Å²) >= 11 is 0. The molecule has 0 radical (unpaired) electrons. The van der Waals surface area contributed by atoms with Crippen molar-refractivity contribution in [1.82, 2.24) is 0 Å². The molecule has 2 N–H and O–H groups in total. The van der Waals surface area contributed by atoms with Gasteiger partial charge in [0.15, 0.2) is 5.75 Å². The maximum Gasteiger partial charge on any atom is 0.409 e. The van der Waals surface area contributed by atoms with E-state index in [1.807, 2.05) is 13.8 Å². The molecule has 8 heteroatoms. The molecule has 2 aromatic carbocycles. The third-order valence-electron chi connectivity index (χ3n) is 3.80. The van der Waals surface area contributed by atoms with Crippen LogP contribution in [0.15, 0.2) is 36.4 Å². The number of primary amides is 1. The van der Waals surface area contributed by atoms with E-state index in [9.17, 15) is 14.9 Å². The van der Waals surface area contributed by atoms with Crippen molar-refractivity contribution in [1.29, 1.82) is 0 Å². The van der Waals surface area contributed by atoms with Gasteiger partial charge in [0.2, 0.25) is 0 Å². The second kappa shape index (κ2) is 10.1.